The largest absolute Gasteiger partial charge is 0.478 e. The molecule has 0 radical (unpaired) electrons. The average molecular weight is 216 g/mol. The van der Waals surface area contributed by atoms with Crippen molar-refractivity contribution in [2.24, 2.45) is 0 Å². The molecular weight excluding hydrogens is 200 g/mol. The van der Waals surface area contributed by atoms with Gasteiger partial charge in [-0.3, -0.25) is 0 Å². The topological polar surface area (TPSA) is 83.8 Å². The molecule has 0 aliphatic heterocycles. The van der Waals surface area contributed by atoms with Crippen molar-refractivity contribution in [3.05, 3.63) is 12.2 Å². The quantitative estimate of drug-likeness (QED) is 0.484. The summed E-state index contributed by atoms with van der Waals surface area (Å²) in [6.07, 6.45) is 3.36. The number of esters is 1. The van der Waals surface area contributed by atoms with E-state index >= 15 is 0 Å². The van der Waals surface area contributed by atoms with Crippen LogP contribution in [-0.2, 0) is 14.3 Å². The highest BCUT2D eigenvalue weighted by atomic mass is 16.5. The van der Waals surface area contributed by atoms with E-state index < -0.39 is 18.0 Å². The number of unbranched alkanes of at least 4 members (excludes halogenated alkanes) is 1. The normalized spacial score (nSPS) is 12.7. The van der Waals surface area contributed by atoms with Crippen LogP contribution in [0.1, 0.15) is 26.2 Å². The van der Waals surface area contributed by atoms with E-state index in [2.05, 4.69) is 0 Å². The molecule has 0 aliphatic rings. The summed E-state index contributed by atoms with van der Waals surface area (Å²) in [6.45, 7) is 1.74. The van der Waals surface area contributed by atoms with E-state index in [1.807, 2.05) is 6.92 Å². The molecule has 0 aromatic heterocycles. The smallest absolute Gasteiger partial charge is 0.331 e. The van der Waals surface area contributed by atoms with Crippen molar-refractivity contribution >= 4 is 11.9 Å². The first-order valence-corrected chi connectivity index (χ1v) is 4.82. The van der Waals surface area contributed by atoms with Gasteiger partial charge in [0.2, 0.25) is 0 Å². The van der Waals surface area contributed by atoms with Crippen molar-refractivity contribution in [1.82, 2.24) is 0 Å². The van der Waals surface area contributed by atoms with E-state index in [1.54, 1.807) is 0 Å². The number of aliphatic hydroxyl groups is 1. The van der Waals surface area contributed by atoms with Gasteiger partial charge in [0, 0.05) is 12.2 Å². The second-order valence-corrected chi connectivity index (χ2v) is 3.06. The van der Waals surface area contributed by atoms with E-state index in [4.69, 9.17) is 14.9 Å². The average Bonchev–Trinajstić information content (AvgIpc) is 2.21. The fourth-order valence-electron chi connectivity index (χ4n) is 0.962. The molecule has 0 amide bonds. The number of carbonyl (C=O) groups excluding carboxylic acids is 1. The highest BCUT2D eigenvalue weighted by Crippen LogP contribution is 2.04. The van der Waals surface area contributed by atoms with Crippen LogP contribution in [0, 0.1) is 0 Å². The van der Waals surface area contributed by atoms with Crippen LogP contribution in [0.3, 0.4) is 0 Å². The Morgan fingerprint density at radius 2 is 2.07 bits per heavy atom. The Morgan fingerprint density at radius 1 is 1.40 bits per heavy atom. The molecule has 15 heavy (non-hydrogen) atoms. The third-order valence-corrected chi connectivity index (χ3v) is 1.73. The Bertz CT molecular complexity index is 234. The SMILES string of the molecule is CCCCC(CO)OC(=O)/C=C\C(=O)O. The molecule has 1 unspecified atom stereocenters. The van der Waals surface area contributed by atoms with E-state index in [0.29, 0.717) is 12.5 Å². The number of carbonyl (C=O) groups is 2. The lowest BCUT2D eigenvalue weighted by Gasteiger charge is -2.13. The van der Waals surface area contributed by atoms with E-state index in [9.17, 15) is 9.59 Å². The maximum Gasteiger partial charge on any atom is 0.331 e. The summed E-state index contributed by atoms with van der Waals surface area (Å²) in [5.74, 6) is -1.95. The molecule has 0 rings (SSSR count). The highest BCUT2D eigenvalue weighted by molar-refractivity contribution is 5.90. The minimum atomic E-state index is -1.21. The number of aliphatic carboxylic acids is 1. The van der Waals surface area contributed by atoms with Gasteiger partial charge in [-0.1, -0.05) is 13.3 Å². The van der Waals surface area contributed by atoms with Crippen LogP contribution >= 0.6 is 0 Å². The summed E-state index contributed by atoms with van der Waals surface area (Å²) in [5.41, 5.74) is 0. The molecule has 0 aromatic rings. The van der Waals surface area contributed by atoms with Gasteiger partial charge in [0.05, 0.1) is 6.61 Å². The second kappa shape index (κ2) is 7.99. The Morgan fingerprint density at radius 3 is 2.53 bits per heavy atom. The van der Waals surface area contributed by atoms with Gasteiger partial charge in [-0.25, -0.2) is 9.59 Å². The third kappa shape index (κ3) is 7.69. The minimum absolute atomic E-state index is 0.243. The van der Waals surface area contributed by atoms with Gasteiger partial charge in [0.15, 0.2) is 0 Å². The fraction of sp³-hybridized carbons (Fsp3) is 0.600. The first-order chi connectivity index (χ1) is 7.10. The maximum atomic E-state index is 11.0. The summed E-state index contributed by atoms with van der Waals surface area (Å²) < 4.78 is 4.81. The number of hydrogen-bond acceptors (Lipinski definition) is 4. The van der Waals surface area contributed by atoms with Gasteiger partial charge in [0.25, 0.3) is 0 Å². The van der Waals surface area contributed by atoms with Crippen LogP contribution in [0.25, 0.3) is 0 Å². The van der Waals surface area contributed by atoms with Gasteiger partial charge in [-0.15, -0.1) is 0 Å². The number of rotatable bonds is 7. The Balaban J connectivity index is 3.95. The predicted molar refractivity (Wildman–Crippen MR) is 53.3 cm³/mol. The minimum Gasteiger partial charge on any atom is -0.478 e. The van der Waals surface area contributed by atoms with Crippen molar-refractivity contribution in [3.63, 3.8) is 0 Å². The van der Waals surface area contributed by atoms with Crippen LogP contribution in [0.4, 0.5) is 0 Å². The Labute approximate surface area is 88.4 Å². The molecule has 0 spiro atoms. The van der Waals surface area contributed by atoms with Crippen molar-refractivity contribution in [2.75, 3.05) is 6.61 Å². The summed E-state index contributed by atoms with van der Waals surface area (Å²) in [7, 11) is 0. The fourth-order valence-corrected chi connectivity index (χ4v) is 0.962. The molecule has 0 aliphatic carbocycles. The van der Waals surface area contributed by atoms with Gasteiger partial charge in [-0.2, -0.15) is 0 Å². The van der Waals surface area contributed by atoms with Crippen LogP contribution < -0.4 is 0 Å². The molecule has 0 fully saturated rings. The molecule has 5 heteroatoms. The number of ether oxygens (including phenoxy) is 1. The molecule has 0 saturated heterocycles. The summed E-state index contributed by atoms with van der Waals surface area (Å²) in [5, 5.41) is 17.1. The molecule has 0 heterocycles. The highest BCUT2D eigenvalue weighted by Gasteiger charge is 2.10. The van der Waals surface area contributed by atoms with E-state index in [1.165, 1.54) is 0 Å². The molecule has 0 bridgehead atoms. The van der Waals surface area contributed by atoms with E-state index in [-0.39, 0.29) is 6.61 Å². The van der Waals surface area contributed by atoms with Gasteiger partial charge < -0.3 is 14.9 Å². The number of carboxylic acids is 1. The zero-order valence-electron chi connectivity index (χ0n) is 8.68. The molecule has 2 N–H and O–H groups in total. The predicted octanol–water partition coefficient (Wildman–Crippen LogP) is 0.721. The van der Waals surface area contributed by atoms with E-state index in [0.717, 1.165) is 18.9 Å². The zero-order valence-corrected chi connectivity index (χ0v) is 8.68. The lowest BCUT2D eigenvalue weighted by atomic mass is 10.2. The first-order valence-electron chi connectivity index (χ1n) is 4.82. The van der Waals surface area contributed by atoms with Gasteiger partial charge in [0.1, 0.15) is 6.10 Å². The van der Waals surface area contributed by atoms with Crippen molar-refractivity contribution in [2.45, 2.75) is 32.3 Å². The number of aliphatic hydroxyl groups excluding tert-OH is 1. The lowest BCUT2D eigenvalue weighted by molar-refractivity contribution is -0.145. The maximum absolute atomic E-state index is 11.0. The van der Waals surface area contributed by atoms with Crippen molar-refractivity contribution in [3.8, 4) is 0 Å². The standard InChI is InChI=1S/C10H16O5/c1-2-3-4-8(7-11)15-10(14)6-5-9(12)13/h5-6,8,11H,2-4,7H2,1H3,(H,12,13)/b6-5-. The summed E-state index contributed by atoms with van der Waals surface area (Å²) in [6, 6.07) is 0. The monoisotopic (exact) mass is 216 g/mol. The van der Waals surface area contributed by atoms with Crippen LogP contribution in [-0.4, -0.2) is 34.9 Å². The summed E-state index contributed by atoms with van der Waals surface area (Å²) in [4.78, 5) is 21.1. The number of hydrogen-bond donors (Lipinski definition) is 2. The summed E-state index contributed by atoms with van der Waals surface area (Å²) >= 11 is 0. The molecule has 0 aromatic carbocycles. The lowest BCUT2D eigenvalue weighted by Crippen LogP contribution is -2.20. The second-order valence-electron chi connectivity index (χ2n) is 3.06. The van der Waals surface area contributed by atoms with Crippen molar-refractivity contribution < 1.29 is 24.5 Å². The van der Waals surface area contributed by atoms with Gasteiger partial charge >= 0.3 is 11.9 Å². The Hall–Kier alpha value is -1.36. The molecule has 5 nitrogen and oxygen atoms in total. The van der Waals surface area contributed by atoms with Crippen LogP contribution in [0.15, 0.2) is 12.2 Å². The first kappa shape index (κ1) is 13.6. The Kier molecular flexibility index (Phi) is 7.27. The third-order valence-electron chi connectivity index (χ3n) is 1.73. The molecular formula is C10H16O5. The molecule has 1 atom stereocenters. The molecule has 0 saturated carbocycles. The van der Waals surface area contributed by atoms with Crippen LogP contribution in [0.2, 0.25) is 0 Å². The van der Waals surface area contributed by atoms with Gasteiger partial charge in [-0.05, 0) is 12.8 Å². The number of carboxylic acid groups (broad SMARTS) is 1. The molecule has 86 valence electrons. The van der Waals surface area contributed by atoms with Crippen LogP contribution in [0.5, 0.6) is 0 Å². The van der Waals surface area contributed by atoms with Crippen molar-refractivity contribution in [1.29, 1.82) is 0 Å². The zero-order chi connectivity index (χ0) is 11.7.